The number of likely N-dealkylation sites (N-methyl/N-ethyl adjacent to an activating group) is 1. The van der Waals surface area contributed by atoms with Crippen molar-refractivity contribution in [3.05, 3.63) is 42.0 Å². The van der Waals surface area contributed by atoms with Crippen molar-refractivity contribution in [2.24, 2.45) is 0 Å². The van der Waals surface area contributed by atoms with Gasteiger partial charge in [0, 0.05) is 6.54 Å². The molecule has 1 saturated heterocycles. The van der Waals surface area contributed by atoms with Crippen molar-refractivity contribution in [2.45, 2.75) is 32.0 Å². The molecule has 3 heteroatoms. The van der Waals surface area contributed by atoms with Crippen LogP contribution in [0.25, 0.3) is 6.08 Å². The Hall–Kier alpha value is -1.16. The summed E-state index contributed by atoms with van der Waals surface area (Å²) in [7, 11) is 0. The fourth-order valence-electron chi connectivity index (χ4n) is 2.37. The van der Waals surface area contributed by atoms with Crippen molar-refractivity contribution in [1.82, 2.24) is 5.32 Å². The molecular weight excluding hydrogens is 250 g/mol. The molecule has 1 heterocycles. The summed E-state index contributed by atoms with van der Waals surface area (Å²) in [6, 6.07) is 10.3. The number of hydrogen-bond acceptors (Lipinski definition) is 3. The van der Waals surface area contributed by atoms with E-state index in [2.05, 4.69) is 36.5 Å². The Morgan fingerprint density at radius 1 is 1.25 bits per heavy atom. The number of ether oxygens (including phenoxy) is 2. The Balaban J connectivity index is 1.57. The SMILES string of the molecule is CCNCC1CCC(COCC=Cc2ccccc2)O1. The lowest BCUT2D eigenvalue weighted by atomic mass is 10.2. The van der Waals surface area contributed by atoms with E-state index in [9.17, 15) is 0 Å². The molecule has 0 aromatic heterocycles. The minimum absolute atomic E-state index is 0.267. The van der Waals surface area contributed by atoms with Crippen molar-refractivity contribution in [2.75, 3.05) is 26.3 Å². The van der Waals surface area contributed by atoms with Crippen molar-refractivity contribution in [3.63, 3.8) is 0 Å². The molecule has 1 aliphatic heterocycles. The topological polar surface area (TPSA) is 30.5 Å². The highest BCUT2D eigenvalue weighted by molar-refractivity contribution is 5.48. The monoisotopic (exact) mass is 275 g/mol. The first-order valence-corrected chi connectivity index (χ1v) is 7.54. The van der Waals surface area contributed by atoms with E-state index in [0.29, 0.717) is 19.3 Å². The molecule has 0 amide bonds. The first-order valence-electron chi connectivity index (χ1n) is 7.54. The Labute approximate surface area is 122 Å². The van der Waals surface area contributed by atoms with Crippen LogP contribution in [-0.4, -0.2) is 38.5 Å². The third-order valence-electron chi connectivity index (χ3n) is 3.45. The standard InChI is InChI=1S/C17H25NO2/c1-2-18-13-16-10-11-17(20-16)14-19-12-6-9-15-7-4-3-5-8-15/h3-9,16-18H,2,10-14H2,1H3. The Bertz CT molecular complexity index is 391. The number of benzene rings is 1. The van der Waals surface area contributed by atoms with Gasteiger partial charge in [0.25, 0.3) is 0 Å². The maximum atomic E-state index is 5.92. The lowest BCUT2D eigenvalue weighted by Crippen LogP contribution is -2.27. The van der Waals surface area contributed by atoms with Crippen LogP contribution in [-0.2, 0) is 9.47 Å². The molecule has 0 spiro atoms. The first kappa shape index (κ1) is 15.2. The van der Waals surface area contributed by atoms with Gasteiger partial charge in [-0.15, -0.1) is 0 Å². The van der Waals surface area contributed by atoms with E-state index in [1.807, 2.05) is 18.2 Å². The van der Waals surface area contributed by atoms with E-state index >= 15 is 0 Å². The van der Waals surface area contributed by atoms with Crippen molar-refractivity contribution in [1.29, 1.82) is 0 Å². The summed E-state index contributed by atoms with van der Waals surface area (Å²) in [6.45, 7) is 5.43. The van der Waals surface area contributed by atoms with Gasteiger partial charge in [-0.1, -0.05) is 49.4 Å². The molecule has 2 atom stereocenters. The number of hydrogen-bond donors (Lipinski definition) is 1. The van der Waals surface area contributed by atoms with Gasteiger partial charge < -0.3 is 14.8 Å². The average Bonchev–Trinajstić information content (AvgIpc) is 2.94. The van der Waals surface area contributed by atoms with E-state index in [0.717, 1.165) is 25.9 Å². The molecule has 0 bridgehead atoms. The maximum absolute atomic E-state index is 5.92. The van der Waals surface area contributed by atoms with Crippen molar-refractivity contribution >= 4 is 6.08 Å². The van der Waals surface area contributed by atoms with Crippen LogP contribution in [0.5, 0.6) is 0 Å². The zero-order valence-corrected chi connectivity index (χ0v) is 12.3. The quantitative estimate of drug-likeness (QED) is 0.740. The summed E-state index contributed by atoms with van der Waals surface area (Å²) in [5.74, 6) is 0. The third-order valence-corrected chi connectivity index (χ3v) is 3.45. The van der Waals surface area contributed by atoms with Crippen LogP contribution in [0, 0.1) is 0 Å². The van der Waals surface area contributed by atoms with E-state index < -0.39 is 0 Å². The smallest absolute Gasteiger partial charge is 0.0814 e. The second-order valence-electron chi connectivity index (χ2n) is 5.12. The molecule has 1 aromatic carbocycles. The largest absolute Gasteiger partial charge is 0.375 e. The molecule has 1 N–H and O–H groups in total. The summed E-state index contributed by atoms with van der Waals surface area (Å²) in [5.41, 5.74) is 1.21. The normalized spacial score (nSPS) is 22.6. The molecule has 0 aliphatic carbocycles. The lowest BCUT2D eigenvalue weighted by molar-refractivity contribution is -0.00784. The van der Waals surface area contributed by atoms with Crippen LogP contribution in [0.3, 0.4) is 0 Å². The average molecular weight is 275 g/mol. The summed E-state index contributed by atoms with van der Waals surface area (Å²) in [5, 5.41) is 3.33. The van der Waals surface area contributed by atoms with Crippen LogP contribution in [0.15, 0.2) is 36.4 Å². The summed E-state index contributed by atoms with van der Waals surface area (Å²) >= 11 is 0. The molecule has 2 rings (SSSR count). The van der Waals surface area contributed by atoms with Crippen LogP contribution >= 0.6 is 0 Å². The molecule has 20 heavy (non-hydrogen) atoms. The van der Waals surface area contributed by atoms with E-state index in [-0.39, 0.29) is 6.10 Å². The van der Waals surface area contributed by atoms with Gasteiger partial charge in [-0.3, -0.25) is 0 Å². The third kappa shape index (κ3) is 5.45. The Kier molecular flexibility index (Phi) is 6.78. The Morgan fingerprint density at radius 3 is 2.85 bits per heavy atom. The van der Waals surface area contributed by atoms with E-state index in [4.69, 9.17) is 9.47 Å². The first-order chi connectivity index (χ1) is 9.88. The molecular formula is C17H25NO2. The van der Waals surface area contributed by atoms with Crippen LogP contribution < -0.4 is 5.32 Å². The molecule has 2 unspecified atom stereocenters. The maximum Gasteiger partial charge on any atom is 0.0814 e. The highest BCUT2D eigenvalue weighted by Gasteiger charge is 2.24. The van der Waals surface area contributed by atoms with Crippen LogP contribution in [0.2, 0.25) is 0 Å². The second kappa shape index (κ2) is 8.90. The zero-order chi connectivity index (χ0) is 14.0. The van der Waals surface area contributed by atoms with Gasteiger partial charge >= 0.3 is 0 Å². The summed E-state index contributed by atoms with van der Waals surface area (Å²) in [4.78, 5) is 0. The molecule has 1 fully saturated rings. The van der Waals surface area contributed by atoms with Crippen LogP contribution in [0.4, 0.5) is 0 Å². The van der Waals surface area contributed by atoms with Gasteiger partial charge in [0.1, 0.15) is 0 Å². The van der Waals surface area contributed by atoms with Gasteiger partial charge in [0.2, 0.25) is 0 Å². The molecule has 1 aliphatic rings. The van der Waals surface area contributed by atoms with Crippen molar-refractivity contribution in [3.8, 4) is 0 Å². The molecule has 0 saturated carbocycles. The van der Waals surface area contributed by atoms with Gasteiger partial charge in [-0.05, 0) is 24.9 Å². The lowest BCUT2D eigenvalue weighted by Gasteiger charge is -2.13. The summed E-state index contributed by atoms with van der Waals surface area (Å²) in [6.07, 6.45) is 7.02. The fraction of sp³-hybridized carbons (Fsp3) is 0.529. The number of rotatable bonds is 8. The molecule has 110 valence electrons. The van der Waals surface area contributed by atoms with Gasteiger partial charge in [0.15, 0.2) is 0 Å². The van der Waals surface area contributed by atoms with Gasteiger partial charge in [0.05, 0.1) is 25.4 Å². The molecule has 3 nitrogen and oxygen atoms in total. The number of nitrogens with one attached hydrogen (secondary N) is 1. The Morgan fingerprint density at radius 2 is 2.05 bits per heavy atom. The van der Waals surface area contributed by atoms with E-state index in [1.165, 1.54) is 5.56 Å². The fourth-order valence-corrected chi connectivity index (χ4v) is 2.37. The van der Waals surface area contributed by atoms with Crippen LogP contribution in [0.1, 0.15) is 25.3 Å². The van der Waals surface area contributed by atoms with Gasteiger partial charge in [-0.25, -0.2) is 0 Å². The highest BCUT2D eigenvalue weighted by Crippen LogP contribution is 2.19. The molecule has 1 aromatic rings. The second-order valence-corrected chi connectivity index (χ2v) is 5.12. The summed E-state index contributed by atoms with van der Waals surface area (Å²) < 4.78 is 11.6. The minimum atomic E-state index is 0.267. The van der Waals surface area contributed by atoms with Crippen molar-refractivity contribution < 1.29 is 9.47 Å². The van der Waals surface area contributed by atoms with Gasteiger partial charge in [-0.2, -0.15) is 0 Å². The minimum Gasteiger partial charge on any atom is -0.375 e. The highest BCUT2D eigenvalue weighted by atomic mass is 16.5. The predicted molar refractivity (Wildman–Crippen MR) is 82.7 cm³/mol. The van der Waals surface area contributed by atoms with E-state index in [1.54, 1.807) is 0 Å². The molecule has 0 radical (unpaired) electrons. The zero-order valence-electron chi connectivity index (χ0n) is 12.3. The predicted octanol–water partition coefficient (Wildman–Crippen LogP) is 2.87.